The Kier molecular flexibility index (Phi) is 8.51. The molecule has 12 heteroatoms. The molecular weight excluding hydrogens is 555 g/mol. The van der Waals surface area contributed by atoms with Crippen LogP contribution in [0.3, 0.4) is 0 Å². The first-order valence-electron chi connectivity index (χ1n) is 12.4. The van der Waals surface area contributed by atoms with Crippen LogP contribution in [0.4, 0.5) is 26.2 Å². The van der Waals surface area contributed by atoms with Gasteiger partial charge in [-0.15, -0.1) is 6.42 Å². The highest BCUT2D eigenvalue weighted by molar-refractivity contribution is 7.02. The lowest BCUT2D eigenvalue weighted by atomic mass is 9.92. The normalized spacial score (nSPS) is 15.3. The van der Waals surface area contributed by atoms with Gasteiger partial charge in [-0.3, -0.25) is 9.69 Å². The number of carbonyl (C=O) groups excluding carboxylic acids is 2. The first-order chi connectivity index (χ1) is 18.9. The molecule has 0 fully saturated rings. The number of terminal acetylenes is 1. The summed E-state index contributed by atoms with van der Waals surface area (Å²) in [6.07, 6.45) is 6.22. The average molecular weight is 585 g/mol. The minimum atomic E-state index is -0.515. The molecule has 5 rings (SSSR count). The number of rotatable bonds is 3. The fourth-order valence-electron chi connectivity index (χ4n) is 4.15. The molecule has 2 aliphatic heterocycles. The highest BCUT2D eigenvalue weighted by Crippen LogP contribution is 2.37. The van der Waals surface area contributed by atoms with Crippen LogP contribution in [0.2, 0.25) is 5.02 Å². The van der Waals surface area contributed by atoms with E-state index < -0.39 is 5.82 Å². The van der Waals surface area contributed by atoms with Gasteiger partial charge in [0.1, 0.15) is 17.3 Å². The van der Waals surface area contributed by atoms with Crippen molar-refractivity contribution < 1.29 is 18.7 Å². The number of amides is 3. The van der Waals surface area contributed by atoms with Gasteiger partial charge in [0.05, 0.1) is 12.2 Å². The predicted octanol–water partition coefficient (Wildman–Crippen LogP) is 5.00. The summed E-state index contributed by atoms with van der Waals surface area (Å²) in [5.74, 6) is 2.92. The molecule has 0 radical (unpaired) electrons. The van der Waals surface area contributed by atoms with Crippen LogP contribution in [0.5, 0.6) is 5.75 Å². The maximum absolute atomic E-state index is 14.5. The number of carbonyl (C=O) groups is 2. The van der Waals surface area contributed by atoms with E-state index in [1.807, 2.05) is 23.6 Å². The minimum Gasteiger partial charge on any atom is -0.481 e. The van der Waals surface area contributed by atoms with Gasteiger partial charge >= 0.3 is 6.03 Å². The summed E-state index contributed by atoms with van der Waals surface area (Å²) in [5, 5.41) is 3.37. The third-order valence-electron chi connectivity index (χ3n) is 6.26. The van der Waals surface area contributed by atoms with Crippen LogP contribution in [-0.4, -0.2) is 53.0 Å². The molecule has 0 aliphatic carbocycles. The standard InChI is InChI=1S/C18H17FN4O2S.C10H13ClN2O/c1-4-5-22-13-7-12(11(19)6-14(13)25-9-16(22)24)20-17-23-10-18(2,3)8-15(23)21-26-17;1-7-4-5-8(6-9(7)11)12-10(14)13(2)3/h1,6-7H,5,8-10H2,2-3H3;4-6H,1-3H3,(H,12,14). The molecule has 0 saturated carbocycles. The second-order valence-corrected chi connectivity index (χ2v) is 11.6. The van der Waals surface area contributed by atoms with Crippen molar-refractivity contribution in [2.24, 2.45) is 10.4 Å². The van der Waals surface area contributed by atoms with Crippen LogP contribution in [-0.2, 0) is 17.8 Å². The smallest absolute Gasteiger partial charge is 0.321 e. The molecule has 210 valence electrons. The molecule has 3 amide bonds. The molecule has 1 N–H and O–H groups in total. The van der Waals surface area contributed by atoms with Crippen molar-refractivity contribution in [3.63, 3.8) is 0 Å². The zero-order valence-corrected chi connectivity index (χ0v) is 24.5. The Labute approximate surface area is 241 Å². The molecule has 0 unspecified atom stereocenters. The van der Waals surface area contributed by atoms with E-state index in [1.54, 1.807) is 20.2 Å². The predicted molar refractivity (Wildman–Crippen MR) is 155 cm³/mol. The number of fused-ring (bicyclic) bond motifs is 2. The molecule has 1 aromatic heterocycles. The molecule has 3 aromatic rings. The van der Waals surface area contributed by atoms with Crippen molar-refractivity contribution in [1.82, 2.24) is 13.8 Å². The molecule has 3 heterocycles. The Balaban J connectivity index is 0.000000224. The number of nitrogens with one attached hydrogen (secondary N) is 1. The van der Waals surface area contributed by atoms with E-state index in [9.17, 15) is 14.0 Å². The topological polar surface area (TPSA) is 92.1 Å². The SMILES string of the molecule is C#CCN1C(=O)COc2cc(F)c(N=c3snc4n3CC(C)(C)C4)cc21.Cc1ccc(NC(=O)N(C)C)cc1Cl. The Morgan fingerprint density at radius 3 is 2.77 bits per heavy atom. The van der Waals surface area contributed by atoms with Crippen molar-refractivity contribution >= 4 is 52.1 Å². The molecular formula is C28H30ClFN6O3S. The van der Waals surface area contributed by atoms with Crippen LogP contribution in [0, 0.1) is 30.5 Å². The average Bonchev–Trinajstić information content (AvgIpc) is 3.39. The first-order valence-corrected chi connectivity index (χ1v) is 13.6. The summed E-state index contributed by atoms with van der Waals surface area (Å²) >= 11 is 7.15. The van der Waals surface area contributed by atoms with Crippen LogP contribution in [0.1, 0.15) is 25.2 Å². The minimum absolute atomic E-state index is 0.0964. The Hall–Kier alpha value is -3.88. The van der Waals surface area contributed by atoms with E-state index in [-0.39, 0.29) is 36.2 Å². The molecule has 2 aromatic carbocycles. The van der Waals surface area contributed by atoms with Gasteiger partial charge in [-0.25, -0.2) is 14.2 Å². The number of ether oxygens (including phenoxy) is 1. The monoisotopic (exact) mass is 584 g/mol. The van der Waals surface area contributed by atoms with Crippen molar-refractivity contribution in [1.29, 1.82) is 0 Å². The van der Waals surface area contributed by atoms with Gasteiger partial charge < -0.3 is 19.5 Å². The molecule has 0 bridgehead atoms. The summed E-state index contributed by atoms with van der Waals surface area (Å²) in [4.78, 5) is 31.3. The highest BCUT2D eigenvalue weighted by atomic mass is 35.5. The Morgan fingerprint density at radius 2 is 2.10 bits per heavy atom. The molecule has 40 heavy (non-hydrogen) atoms. The van der Waals surface area contributed by atoms with E-state index in [4.69, 9.17) is 22.8 Å². The number of aryl methyl sites for hydroxylation is 1. The van der Waals surface area contributed by atoms with Gasteiger partial charge in [0.25, 0.3) is 5.91 Å². The van der Waals surface area contributed by atoms with Crippen molar-refractivity contribution in [2.75, 3.05) is 37.5 Å². The van der Waals surface area contributed by atoms with Gasteiger partial charge in [-0.05, 0) is 36.1 Å². The number of hydrogen-bond acceptors (Lipinski definition) is 6. The fourth-order valence-corrected chi connectivity index (χ4v) is 5.09. The maximum atomic E-state index is 14.5. The van der Waals surface area contributed by atoms with Gasteiger partial charge in [0, 0.05) is 55.4 Å². The van der Waals surface area contributed by atoms with Crippen LogP contribution in [0.25, 0.3) is 0 Å². The number of hydrogen-bond donors (Lipinski definition) is 1. The third kappa shape index (κ3) is 6.46. The van der Waals surface area contributed by atoms with E-state index in [2.05, 4.69) is 34.5 Å². The van der Waals surface area contributed by atoms with Crippen LogP contribution in [0.15, 0.2) is 35.3 Å². The van der Waals surface area contributed by atoms with Gasteiger partial charge in [-0.2, -0.15) is 4.37 Å². The summed E-state index contributed by atoms with van der Waals surface area (Å²) in [6, 6.07) is 8.02. The van der Waals surface area contributed by atoms with Gasteiger partial charge in [0.15, 0.2) is 12.4 Å². The number of anilines is 2. The largest absolute Gasteiger partial charge is 0.481 e. The molecule has 0 atom stereocenters. The van der Waals surface area contributed by atoms with Crippen LogP contribution >= 0.6 is 23.1 Å². The molecule has 0 saturated heterocycles. The third-order valence-corrected chi connectivity index (χ3v) is 7.45. The number of nitrogens with zero attached hydrogens (tertiary/aromatic N) is 5. The highest BCUT2D eigenvalue weighted by Gasteiger charge is 2.31. The number of benzene rings is 2. The Bertz CT molecular complexity index is 1570. The quantitative estimate of drug-likeness (QED) is 0.439. The molecule has 2 aliphatic rings. The summed E-state index contributed by atoms with van der Waals surface area (Å²) in [6.45, 7) is 6.97. The number of aromatic nitrogens is 2. The van der Waals surface area contributed by atoms with E-state index >= 15 is 0 Å². The maximum Gasteiger partial charge on any atom is 0.321 e. The second-order valence-electron chi connectivity index (χ2n) is 10.5. The fraction of sp³-hybridized carbons (Fsp3) is 0.357. The number of urea groups is 1. The summed E-state index contributed by atoms with van der Waals surface area (Å²) < 4.78 is 26.3. The lowest BCUT2D eigenvalue weighted by Gasteiger charge is -2.28. The van der Waals surface area contributed by atoms with Gasteiger partial charge in [-0.1, -0.05) is 37.4 Å². The number of halogens is 2. The van der Waals surface area contributed by atoms with Crippen molar-refractivity contribution in [3.8, 4) is 18.1 Å². The van der Waals surface area contributed by atoms with Crippen molar-refractivity contribution in [3.05, 3.63) is 57.4 Å². The Morgan fingerprint density at radius 1 is 1.35 bits per heavy atom. The lowest BCUT2D eigenvalue weighted by Crippen LogP contribution is -2.39. The first kappa shape index (κ1) is 29.1. The van der Waals surface area contributed by atoms with E-state index in [0.29, 0.717) is 26.9 Å². The zero-order chi connectivity index (χ0) is 29.2. The van der Waals surface area contributed by atoms with Gasteiger partial charge in [0.2, 0.25) is 4.80 Å². The van der Waals surface area contributed by atoms with E-state index in [1.165, 1.54) is 33.5 Å². The lowest BCUT2D eigenvalue weighted by molar-refractivity contribution is -0.121. The molecule has 0 spiro atoms. The van der Waals surface area contributed by atoms with E-state index in [0.717, 1.165) is 24.4 Å². The zero-order valence-electron chi connectivity index (χ0n) is 22.9. The van der Waals surface area contributed by atoms with Crippen LogP contribution < -0.4 is 19.8 Å². The van der Waals surface area contributed by atoms with Crippen molar-refractivity contribution in [2.45, 2.75) is 33.7 Å². The molecule has 9 nitrogen and oxygen atoms in total. The summed E-state index contributed by atoms with van der Waals surface area (Å²) in [7, 11) is 3.37. The second kappa shape index (κ2) is 11.7. The summed E-state index contributed by atoms with van der Waals surface area (Å²) in [5.41, 5.74) is 2.38.